The van der Waals surface area contributed by atoms with Gasteiger partial charge in [-0.15, -0.1) is 0 Å². The minimum absolute atomic E-state index is 0.238. The SMILES string of the molecule is CC(Nc1ccn2ncc(-n3cccn3)c2n1)c1cc(F)ccc1F. The van der Waals surface area contributed by atoms with Crippen LogP contribution >= 0.6 is 0 Å². The quantitative estimate of drug-likeness (QED) is 0.619. The van der Waals surface area contributed by atoms with Crippen LogP contribution < -0.4 is 5.32 Å². The molecule has 0 aliphatic rings. The molecule has 4 rings (SSSR count). The number of rotatable bonds is 4. The molecule has 1 unspecified atom stereocenters. The lowest BCUT2D eigenvalue weighted by Crippen LogP contribution is -2.11. The molecule has 0 bridgehead atoms. The number of halogens is 2. The van der Waals surface area contributed by atoms with E-state index in [0.29, 0.717) is 11.5 Å². The zero-order valence-corrected chi connectivity index (χ0v) is 13.3. The second-order valence-corrected chi connectivity index (χ2v) is 5.59. The first-order valence-electron chi connectivity index (χ1n) is 7.68. The predicted octanol–water partition coefficient (Wildman–Crippen LogP) is 3.37. The number of aromatic nitrogens is 5. The van der Waals surface area contributed by atoms with Crippen molar-refractivity contribution in [3.05, 3.63) is 72.3 Å². The Kier molecular flexibility index (Phi) is 3.64. The van der Waals surface area contributed by atoms with Gasteiger partial charge in [0.2, 0.25) is 0 Å². The summed E-state index contributed by atoms with van der Waals surface area (Å²) in [6.45, 7) is 1.74. The van der Waals surface area contributed by atoms with Gasteiger partial charge in [-0.3, -0.25) is 0 Å². The van der Waals surface area contributed by atoms with Crippen molar-refractivity contribution in [1.29, 1.82) is 0 Å². The van der Waals surface area contributed by atoms with Crippen LogP contribution in [0.3, 0.4) is 0 Å². The summed E-state index contributed by atoms with van der Waals surface area (Å²) in [5.41, 5.74) is 1.56. The molecule has 0 aliphatic carbocycles. The lowest BCUT2D eigenvalue weighted by Gasteiger charge is -2.16. The monoisotopic (exact) mass is 340 g/mol. The van der Waals surface area contributed by atoms with Crippen molar-refractivity contribution in [2.45, 2.75) is 13.0 Å². The van der Waals surface area contributed by atoms with E-state index in [-0.39, 0.29) is 5.56 Å². The largest absolute Gasteiger partial charge is 0.363 e. The molecule has 3 heterocycles. The van der Waals surface area contributed by atoms with E-state index >= 15 is 0 Å². The summed E-state index contributed by atoms with van der Waals surface area (Å²) >= 11 is 0. The summed E-state index contributed by atoms with van der Waals surface area (Å²) in [7, 11) is 0. The minimum atomic E-state index is -0.481. The van der Waals surface area contributed by atoms with Crippen LogP contribution in [0, 0.1) is 11.6 Å². The van der Waals surface area contributed by atoms with Gasteiger partial charge in [-0.25, -0.2) is 23.0 Å². The summed E-state index contributed by atoms with van der Waals surface area (Å²) in [6.07, 6.45) is 6.87. The van der Waals surface area contributed by atoms with Crippen molar-refractivity contribution < 1.29 is 8.78 Å². The molecule has 0 amide bonds. The number of nitrogens with one attached hydrogen (secondary N) is 1. The summed E-state index contributed by atoms with van der Waals surface area (Å²) in [5.74, 6) is -0.424. The molecule has 0 radical (unpaired) electrons. The Balaban J connectivity index is 1.68. The van der Waals surface area contributed by atoms with Crippen molar-refractivity contribution in [2.75, 3.05) is 5.32 Å². The van der Waals surface area contributed by atoms with Crippen LogP contribution in [-0.4, -0.2) is 24.4 Å². The fraction of sp³-hybridized carbons (Fsp3) is 0.118. The van der Waals surface area contributed by atoms with Gasteiger partial charge in [0, 0.05) is 24.2 Å². The fourth-order valence-electron chi connectivity index (χ4n) is 2.66. The highest BCUT2D eigenvalue weighted by Gasteiger charge is 2.14. The second-order valence-electron chi connectivity index (χ2n) is 5.59. The van der Waals surface area contributed by atoms with E-state index in [2.05, 4.69) is 20.5 Å². The number of hydrogen-bond acceptors (Lipinski definition) is 4. The van der Waals surface area contributed by atoms with Gasteiger partial charge in [-0.05, 0) is 37.3 Å². The molecular weight excluding hydrogens is 326 g/mol. The van der Waals surface area contributed by atoms with E-state index in [0.717, 1.165) is 17.8 Å². The van der Waals surface area contributed by atoms with Crippen LogP contribution in [0.15, 0.2) is 55.1 Å². The zero-order chi connectivity index (χ0) is 17.4. The number of benzene rings is 1. The highest BCUT2D eigenvalue weighted by Crippen LogP contribution is 2.23. The van der Waals surface area contributed by atoms with E-state index in [1.54, 1.807) is 53.0 Å². The first-order valence-corrected chi connectivity index (χ1v) is 7.68. The zero-order valence-electron chi connectivity index (χ0n) is 13.3. The van der Waals surface area contributed by atoms with Gasteiger partial charge in [0.15, 0.2) is 5.65 Å². The maximum atomic E-state index is 13.9. The lowest BCUT2D eigenvalue weighted by atomic mass is 10.1. The average molecular weight is 340 g/mol. The molecule has 0 spiro atoms. The van der Waals surface area contributed by atoms with E-state index in [1.807, 2.05) is 0 Å². The number of nitrogens with zero attached hydrogens (tertiary/aromatic N) is 5. The molecule has 8 heteroatoms. The van der Waals surface area contributed by atoms with Gasteiger partial charge in [0.25, 0.3) is 0 Å². The van der Waals surface area contributed by atoms with E-state index in [4.69, 9.17) is 0 Å². The summed E-state index contributed by atoms with van der Waals surface area (Å²) in [5, 5.41) is 11.5. The molecule has 1 atom stereocenters. The molecule has 1 N–H and O–H groups in total. The van der Waals surface area contributed by atoms with Gasteiger partial charge < -0.3 is 5.32 Å². The highest BCUT2D eigenvalue weighted by molar-refractivity contribution is 5.60. The molecule has 126 valence electrons. The Morgan fingerprint density at radius 3 is 2.80 bits per heavy atom. The molecule has 4 aromatic rings. The molecule has 0 saturated carbocycles. The van der Waals surface area contributed by atoms with Crippen molar-refractivity contribution in [2.24, 2.45) is 0 Å². The van der Waals surface area contributed by atoms with Crippen molar-refractivity contribution in [3.8, 4) is 5.69 Å². The predicted molar refractivity (Wildman–Crippen MR) is 88.5 cm³/mol. The van der Waals surface area contributed by atoms with Gasteiger partial charge in [-0.1, -0.05) is 0 Å². The lowest BCUT2D eigenvalue weighted by molar-refractivity contribution is 0.577. The third-order valence-electron chi connectivity index (χ3n) is 3.89. The van der Waals surface area contributed by atoms with Crippen LogP contribution in [0.25, 0.3) is 11.3 Å². The third kappa shape index (κ3) is 2.82. The van der Waals surface area contributed by atoms with E-state index in [1.165, 1.54) is 6.07 Å². The summed E-state index contributed by atoms with van der Waals surface area (Å²) in [4.78, 5) is 4.52. The van der Waals surface area contributed by atoms with Crippen LogP contribution in [0.1, 0.15) is 18.5 Å². The Hall–Kier alpha value is -3.29. The van der Waals surface area contributed by atoms with E-state index < -0.39 is 17.7 Å². The van der Waals surface area contributed by atoms with Gasteiger partial charge in [0.1, 0.15) is 23.1 Å². The normalized spacial score (nSPS) is 12.4. The number of anilines is 1. The smallest absolute Gasteiger partial charge is 0.183 e. The van der Waals surface area contributed by atoms with Crippen LogP contribution in [0.4, 0.5) is 14.6 Å². The average Bonchev–Trinajstić information content (AvgIpc) is 3.25. The van der Waals surface area contributed by atoms with Gasteiger partial charge >= 0.3 is 0 Å². The third-order valence-corrected chi connectivity index (χ3v) is 3.89. The Morgan fingerprint density at radius 2 is 2.00 bits per heavy atom. The number of hydrogen-bond donors (Lipinski definition) is 1. The van der Waals surface area contributed by atoms with Crippen LogP contribution in [-0.2, 0) is 0 Å². The van der Waals surface area contributed by atoms with Crippen molar-refractivity contribution in [1.82, 2.24) is 24.4 Å². The van der Waals surface area contributed by atoms with Crippen molar-refractivity contribution in [3.63, 3.8) is 0 Å². The topological polar surface area (TPSA) is 60.0 Å². The number of fused-ring (bicyclic) bond motifs is 1. The molecule has 3 aromatic heterocycles. The molecule has 1 aromatic carbocycles. The molecule has 0 saturated heterocycles. The second kappa shape index (κ2) is 5.97. The van der Waals surface area contributed by atoms with Gasteiger partial charge in [-0.2, -0.15) is 10.2 Å². The molecule has 0 fully saturated rings. The Labute approximate surface area is 141 Å². The first kappa shape index (κ1) is 15.3. The standard InChI is InChI=1S/C17H14F2N6/c1-11(13-9-12(18)3-4-14(13)19)22-16-5-8-25-17(23-16)15(10-21-25)24-7-2-6-20-24/h2-11H,1H3,(H,22,23). The Morgan fingerprint density at radius 1 is 1.12 bits per heavy atom. The fourth-order valence-corrected chi connectivity index (χ4v) is 2.66. The van der Waals surface area contributed by atoms with E-state index in [9.17, 15) is 8.78 Å². The first-order chi connectivity index (χ1) is 12.1. The summed E-state index contributed by atoms with van der Waals surface area (Å²) < 4.78 is 30.6. The maximum absolute atomic E-state index is 13.9. The highest BCUT2D eigenvalue weighted by atomic mass is 19.1. The van der Waals surface area contributed by atoms with Crippen LogP contribution in [0.5, 0.6) is 0 Å². The molecular formula is C17H14F2N6. The minimum Gasteiger partial charge on any atom is -0.363 e. The molecule has 0 aliphatic heterocycles. The summed E-state index contributed by atoms with van der Waals surface area (Å²) in [6, 6.07) is 6.47. The van der Waals surface area contributed by atoms with Crippen molar-refractivity contribution >= 4 is 11.5 Å². The Bertz CT molecular complexity index is 1020. The maximum Gasteiger partial charge on any atom is 0.183 e. The molecule has 6 nitrogen and oxygen atoms in total. The van der Waals surface area contributed by atoms with Crippen LogP contribution in [0.2, 0.25) is 0 Å². The van der Waals surface area contributed by atoms with Gasteiger partial charge in [0.05, 0.1) is 12.2 Å². The molecule has 25 heavy (non-hydrogen) atoms.